The molecule has 11 heteroatoms. The van der Waals surface area contributed by atoms with Gasteiger partial charge in [-0.2, -0.15) is 0 Å². The van der Waals surface area contributed by atoms with Crippen molar-refractivity contribution in [3.8, 4) is 0 Å². The smallest absolute Gasteiger partial charge is 0.340 e. The van der Waals surface area contributed by atoms with Crippen LogP contribution >= 0.6 is 0 Å². The Morgan fingerprint density at radius 3 is 2.25 bits per heavy atom. The molecule has 0 saturated heterocycles. The summed E-state index contributed by atoms with van der Waals surface area (Å²) in [7, 11) is -3.63. The topological polar surface area (TPSA) is 131 Å². The fourth-order valence-corrected chi connectivity index (χ4v) is 2.62. The van der Waals surface area contributed by atoms with Crippen molar-refractivity contribution >= 4 is 39.3 Å². The first-order valence-electron chi connectivity index (χ1n) is 7.75. The third-order valence-electron chi connectivity index (χ3n) is 3.15. The summed E-state index contributed by atoms with van der Waals surface area (Å²) in [6, 6.07) is 9.97. The molecule has 0 bridgehead atoms. The van der Waals surface area contributed by atoms with E-state index >= 15 is 0 Å². The molecule has 2 rings (SSSR count). The monoisotopic (exact) mass is 409 g/mol. The molecule has 28 heavy (non-hydrogen) atoms. The molecule has 0 radical (unpaired) electrons. The minimum absolute atomic E-state index is 0.0206. The Bertz CT molecular complexity index is 1010. The third-order valence-corrected chi connectivity index (χ3v) is 3.74. The van der Waals surface area contributed by atoms with Crippen LogP contribution in [0.4, 0.5) is 20.6 Å². The van der Waals surface area contributed by atoms with Crippen molar-refractivity contribution in [2.45, 2.75) is 0 Å². The number of hydrogen-bond acceptors (Lipinski definition) is 6. The second-order valence-corrected chi connectivity index (χ2v) is 7.23. The number of amides is 3. The molecule has 0 unspecified atom stereocenters. The van der Waals surface area contributed by atoms with Crippen LogP contribution in [0.5, 0.6) is 0 Å². The third kappa shape index (κ3) is 6.36. The first kappa shape index (κ1) is 20.8. The lowest BCUT2D eigenvalue weighted by molar-refractivity contribution is -0.123. The first-order valence-corrected chi connectivity index (χ1v) is 9.64. The number of anilines is 2. The molecule has 148 valence electrons. The van der Waals surface area contributed by atoms with E-state index in [0.717, 1.165) is 12.3 Å². The lowest BCUT2D eigenvalue weighted by Gasteiger charge is -2.11. The van der Waals surface area contributed by atoms with Crippen LogP contribution in [0.2, 0.25) is 0 Å². The summed E-state index contributed by atoms with van der Waals surface area (Å²) in [6.07, 6.45) is 0.913. The number of carbonyl (C=O) groups excluding carboxylic acids is 3. The van der Waals surface area contributed by atoms with Gasteiger partial charge in [0, 0.05) is 0 Å². The van der Waals surface area contributed by atoms with Gasteiger partial charge in [0.2, 0.25) is 10.0 Å². The molecule has 3 amide bonds. The van der Waals surface area contributed by atoms with Gasteiger partial charge in [-0.25, -0.2) is 22.4 Å². The van der Waals surface area contributed by atoms with Crippen LogP contribution < -0.4 is 15.4 Å². The lowest BCUT2D eigenvalue weighted by atomic mass is 10.2. The summed E-state index contributed by atoms with van der Waals surface area (Å²) >= 11 is 0. The van der Waals surface area contributed by atoms with Crippen molar-refractivity contribution in [3.63, 3.8) is 0 Å². The Hall–Kier alpha value is -3.47. The zero-order valence-corrected chi connectivity index (χ0v) is 15.4. The summed E-state index contributed by atoms with van der Waals surface area (Å²) in [4.78, 5) is 35.5. The zero-order valence-electron chi connectivity index (χ0n) is 14.6. The zero-order chi connectivity index (χ0) is 20.7. The van der Waals surface area contributed by atoms with E-state index in [9.17, 15) is 27.2 Å². The van der Waals surface area contributed by atoms with Crippen LogP contribution in [0.15, 0.2) is 48.5 Å². The van der Waals surface area contributed by atoms with Crippen LogP contribution in [0.25, 0.3) is 0 Å². The van der Waals surface area contributed by atoms with Crippen molar-refractivity contribution in [1.82, 2.24) is 5.32 Å². The maximum absolute atomic E-state index is 13.4. The summed E-state index contributed by atoms with van der Waals surface area (Å²) in [5.74, 6) is -2.63. The van der Waals surface area contributed by atoms with Crippen LogP contribution in [0, 0.1) is 5.82 Å². The van der Waals surface area contributed by atoms with E-state index in [1.165, 1.54) is 42.5 Å². The molecule has 0 saturated carbocycles. The second kappa shape index (κ2) is 8.95. The van der Waals surface area contributed by atoms with E-state index in [1.807, 2.05) is 5.32 Å². The molecule has 9 nitrogen and oxygen atoms in total. The lowest BCUT2D eigenvalue weighted by Crippen LogP contribution is -2.37. The van der Waals surface area contributed by atoms with Crippen molar-refractivity contribution in [1.29, 1.82) is 0 Å². The van der Waals surface area contributed by atoms with E-state index < -0.39 is 40.4 Å². The van der Waals surface area contributed by atoms with Crippen LogP contribution in [-0.4, -0.2) is 39.2 Å². The quantitative estimate of drug-likeness (QED) is 0.623. The molecule has 0 aromatic heterocycles. The maximum Gasteiger partial charge on any atom is 0.340 e. The van der Waals surface area contributed by atoms with E-state index in [-0.39, 0.29) is 16.9 Å². The number of hydrogen-bond donors (Lipinski definition) is 3. The SMILES string of the molecule is CS(=O)(=O)Nc1ccccc1C(=O)OCC(=O)NC(=O)Nc1ccccc1F. The highest BCUT2D eigenvalue weighted by Crippen LogP contribution is 2.17. The van der Waals surface area contributed by atoms with E-state index in [0.29, 0.717) is 0 Å². The van der Waals surface area contributed by atoms with E-state index in [2.05, 4.69) is 10.0 Å². The predicted molar refractivity (Wildman–Crippen MR) is 98.8 cm³/mol. The molecule has 0 atom stereocenters. The number of halogens is 1. The second-order valence-electron chi connectivity index (χ2n) is 5.48. The van der Waals surface area contributed by atoms with Gasteiger partial charge >= 0.3 is 12.0 Å². The molecule has 2 aromatic rings. The number of benzene rings is 2. The highest BCUT2D eigenvalue weighted by molar-refractivity contribution is 7.92. The number of carbonyl (C=O) groups is 3. The van der Waals surface area contributed by atoms with Crippen LogP contribution in [0.3, 0.4) is 0 Å². The Labute approximate surface area is 159 Å². The summed E-state index contributed by atoms with van der Waals surface area (Å²) in [5, 5.41) is 4.00. The fourth-order valence-electron chi connectivity index (χ4n) is 2.04. The molecule has 0 fully saturated rings. The van der Waals surface area contributed by atoms with Gasteiger partial charge in [-0.3, -0.25) is 14.8 Å². The van der Waals surface area contributed by atoms with Gasteiger partial charge in [0.25, 0.3) is 5.91 Å². The Morgan fingerprint density at radius 1 is 1.00 bits per heavy atom. The number of rotatable bonds is 6. The Kier molecular flexibility index (Phi) is 6.66. The van der Waals surface area contributed by atoms with Gasteiger partial charge in [-0.1, -0.05) is 24.3 Å². The summed E-state index contributed by atoms with van der Waals surface area (Å²) in [6.45, 7) is -0.809. The van der Waals surface area contributed by atoms with Crippen LogP contribution in [0.1, 0.15) is 10.4 Å². The maximum atomic E-state index is 13.4. The average Bonchev–Trinajstić information content (AvgIpc) is 2.60. The van der Waals surface area contributed by atoms with Crippen molar-refractivity contribution < 1.29 is 31.9 Å². The van der Waals surface area contributed by atoms with Crippen molar-refractivity contribution in [2.75, 3.05) is 22.9 Å². The van der Waals surface area contributed by atoms with Crippen LogP contribution in [-0.2, 0) is 19.6 Å². The van der Waals surface area contributed by atoms with Gasteiger partial charge < -0.3 is 10.1 Å². The number of esters is 1. The highest BCUT2D eigenvalue weighted by Gasteiger charge is 2.17. The number of nitrogens with one attached hydrogen (secondary N) is 3. The minimum atomic E-state index is -3.63. The molecule has 0 aliphatic rings. The number of sulfonamides is 1. The molecular weight excluding hydrogens is 393 g/mol. The predicted octanol–water partition coefficient (Wildman–Crippen LogP) is 1.70. The molecular formula is C17H16FN3O6S. The largest absolute Gasteiger partial charge is 0.452 e. The number of ether oxygens (including phenoxy) is 1. The number of urea groups is 1. The van der Waals surface area contributed by atoms with Gasteiger partial charge in [0.1, 0.15) is 5.82 Å². The molecule has 0 heterocycles. The van der Waals surface area contributed by atoms with Crippen molar-refractivity contribution in [3.05, 3.63) is 59.9 Å². The molecule has 0 spiro atoms. The summed E-state index contributed by atoms with van der Waals surface area (Å²) < 4.78 is 43.0. The highest BCUT2D eigenvalue weighted by atomic mass is 32.2. The summed E-state index contributed by atoms with van der Waals surface area (Å²) in [5.41, 5.74) is -0.269. The van der Waals surface area contributed by atoms with Gasteiger partial charge in [0.05, 0.1) is 23.2 Å². The molecule has 3 N–H and O–H groups in total. The standard InChI is InChI=1S/C17H16FN3O6S/c1-28(25,26)21-13-8-4-2-6-11(13)16(23)27-10-15(22)20-17(24)19-14-9-5-3-7-12(14)18/h2-9,21H,10H2,1H3,(H2,19,20,22,24). The molecule has 0 aliphatic carbocycles. The van der Waals surface area contributed by atoms with E-state index in [1.54, 1.807) is 0 Å². The number of para-hydroxylation sites is 2. The van der Waals surface area contributed by atoms with E-state index in [4.69, 9.17) is 4.74 Å². The minimum Gasteiger partial charge on any atom is -0.452 e. The fraction of sp³-hybridized carbons (Fsp3) is 0.118. The average molecular weight is 409 g/mol. The van der Waals surface area contributed by atoms with Gasteiger partial charge in [-0.15, -0.1) is 0 Å². The first-order chi connectivity index (χ1) is 13.2. The van der Waals surface area contributed by atoms with Gasteiger partial charge in [0.15, 0.2) is 6.61 Å². The Balaban J connectivity index is 1.92. The van der Waals surface area contributed by atoms with Gasteiger partial charge in [-0.05, 0) is 24.3 Å². The number of imide groups is 1. The molecule has 0 aliphatic heterocycles. The Morgan fingerprint density at radius 2 is 1.61 bits per heavy atom. The molecule has 2 aromatic carbocycles. The normalized spacial score (nSPS) is 10.6. The van der Waals surface area contributed by atoms with Crippen molar-refractivity contribution in [2.24, 2.45) is 0 Å².